The normalized spacial score (nSPS) is 14.4. The van der Waals surface area contributed by atoms with Gasteiger partial charge in [-0.25, -0.2) is 9.97 Å². The molecule has 2 heterocycles. The number of hydrogen-bond donors (Lipinski definition) is 1. The minimum atomic E-state index is -0.633. The van der Waals surface area contributed by atoms with Crippen LogP contribution in [0.25, 0.3) is 22.2 Å². The lowest BCUT2D eigenvalue weighted by molar-refractivity contribution is -0.188. The van der Waals surface area contributed by atoms with Gasteiger partial charge in [-0.3, -0.25) is 0 Å². The largest absolute Gasteiger partial charge is 0.380 e. The lowest BCUT2D eigenvalue weighted by Crippen LogP contribution is -2.14. The van der Waals surface area contributed by atoms with Crippen LogP contribution >= 0.6 is 12.0 Å². The average molecular weight is 500 g/mol. The first kappa shape index (κ1) is 24.3. The summed E-state index contributed by atoms with van der Waals surface area (Å²) in [6.45, 7) is 0. The number of anilines is 1. The van der Waals surface area contributed by atoms with Crippen molar-refractivity contribution in [1.82, 2.24) is 9.71 Å². The Hall–Kier alpha value is -3.44. The van der Waals surface area contributed by atoms with E-state index in [1.54, 1.807) is 6.20 Å². The van der Waals surface area contributed by atoms with E-state index in [2.05, 4.69) is 52.1 Å². The van der Waals surface area contributed by atoms with Crippen LogP contribution in [0.4, 0.5) is 5.69 Å². The van der Waals surface area contributed by atoms with Gasteiger partial charge in [-0.05, 0) is 54.7 Å². The van der Waals surface area contributed by atoms with Gasteiger partial charge in [0.05, 0.1) is 23.8 Å². The van der Waals surface area contributed by atoms with Gasteiger partial charge in [-0.1, -0.05) is 59.3 Å². The van der Waals surface area contributed by atoms with Gasteiger partial charge in [-0.2, -0.15) is 0 Å². The van der Waals surface area contributed by atoms with Crippen molar-refractivity contribution in [2.45, 2.75) is 36.7 Å². The van der Waals surface area contributed by atoms with E-state index in [1.807, 2.05) is 50.6 Å². The van der Waals surface area contributed by atoms with E-state index in [4.69, 9.17) is 9.32 Å². The van der Waals surface area contributed by atoms with Crippen LogP contribution in [-0.2, 0) is 4.33 Å². The first-order chi connectivity index (χ1) is 17.6. The van der Waals surface area contributed by atoms with E-state index in [0.717, 1.165) is 70.4 Å². The molecule has 6 nitrogen and oxygen atoms in total. The molecule has 1 N–H and O–H groups in total. The summed E-state index contributed by atoms with van der Waals surface area (Å²) in [5.41, 5.74) is 4.49. The Balaban J connectivity index is 1.45. The van der Waals surface area contributed by atoms with Crippen molar-refractivity contribution >= 4 is 28.8 Å². The van der Waals surface area contributed by atoms with Crippen LogP contribution in [0.2, 0.25) is 0 Å². The number of aliphatic hydroxyl groups is 1. The predicted molar refractivity (Wildman–Crippen MR) is 144 cm³/mol. The molecule has 0 saturated heterocycles. The lowest BCUT2D eigenvalue weighted by atomic mass is 10.0. The first-order valence-corrected chi connectivity index (χ1v) is 12.9. The third-order valence-electron chi connectivity index (χ3n) is 6.51. The quantitative estimate of drug-likeness (QED) is 0.151. The molecule has 2 aromatic carbocycles. The Kier molecular flexibility index (Phi) is 7.47. The van der Waals surface area contributed by atoms with Crippen molar-refractivity contribution in [2.24, 2.45) is 5.92 Å². The molecule has 0 bridgehead atoms. The SMILES string of the molecule is CN(C)c1ccc(-c2cnc3c(c2)c(C#CC(O)C2CCCC2)cn3OOSc2ccccc2)cc1. The number of fused-ring (bicyclic) bond motifs is 1. The van der Waals surface area contributed by atoms with E-state index < -0.39 is 6.10 Å². The second-order valence-corrected chi connectivity index (χ2v) is 9.98. The highest BCUT2D eigenvalue weighted by atomic mass is 32.2. The molecule has 0 aliphatic heterocycles. The summed E-state index contributed by atoms with van der Waals surface area (Å²) in [6.07, 6.45) is 7.32. The van der Waals surface area contributed by atoms with Gasteiger partial charge in [0.15, 0.2) is 5.65 Å². The second-order valence-electron chi connectivity index (χ2n) is 9.20. The van der Waals surface area contributed by atoms with Crippen LogP contribution in [0, 0.1) is 17.8 Å². The fourth-order valence-corrected chi connectivity index (χ4v) is 4.89. The maximum Gasteiger partial charge on any atom is 0.180 e. The summed E-state index contributed by atoms with van der Waals surface area (Å²) < 4.78 is 6.90. The molecule has 1 fully saturated rings. The molecule has 7 heteroatoms. The molecule has 2 aromatic heterocycles. The van der Waals surface area contributed by atoms with E-state index in [9.17, 15) is 5.11 Å². The van der Waals surface area contributed by atoms with Gasteiger partial charge < -0.3 is 10.0 Å². The van der Waals surface area contributed by atoms with Gasteiger partial charge in [0.25, 0.3) is 0 Å². The standard InChI is InChI=1S/C29H29N3O3S/c1-31(2)25-15-12-21(13-16-25)24-18-27-23(14-17-28(33)22-8-6-7-9-22)20-32(29(27)30-19-24)34-35-36-26-10-4-3-5-11-26/h3-5,10-13,15-16,18-20,22,28,33H,6-9H2,1-2H3. The highest BCUT2D eigenvalue weighted by molar-refractivity contribution is 7.94. The molecule has 4 aromatic rings. The summed E-state index contributed by atoms with van der Waals surface area (Å²) in [5.74, 6) is 6.50. The van der Waals surface area contributed by atoms with Crippen molar-refractivity contribution < 1.29 is 14.4 Å². The van der Waals surface area contributed by atoms with Crippen molar-refractivity contribution in [2.75, 3.05) is 19.0 Å². The fraction of sp³-hybridized carbons (Fsp3) is 0.276. The second kappa shape index (κ2) is 11.1. The molecule has 1 atom stereocenters. The maximum atomic E-state index is 10.6. The van der Waals surface area contributed by atoms with Gasteiger partial charge >= 0.3 is 0 Å². The van der Waals surface area contributed by atoms with Gasteiger partial charge in [0.2, 0.25) is 0 Å². The minimum absolute atomic E-state index is 0.247. The van der Waals surface area contributed by atoms with Crippen molar-refractivity contribution in [1.29, 1.82) is 0 Å². The number of rotatable bonds is 7. The van der Waals surface area contributed by atoms with E-state index in [0.29, 0.717) is 5.65 Å². The zero-order valence-electron chi connectivity index (χ0n) is 20.4. The number of hydrogen-bond acceptors (Lipinski definition) is 6. The van der Waals surface area contributed by atoms with Crippen molar-refractivity contribution in [3.8, 4) is 23.0 Å². The molecule has 1 aliphatic rings. The molecular weight excluding hydrogens is 470 g/mol. The third-order valence-corrected chi connectivity index (χ3v) is 7.11. The summed E-state index contributed by atoms with van der Waals surface area (Å²) in [4.78, 5) is 13.2. The van der Waals surface area contributed by atoms with Crippen LogP contribution in [0.15, 0.2) is 78.0 Å². The van der Waals surface area contributed by atoms with E-state index in [1.165, 1.54) is 4.73 Å². The molecule has 184 valence electrons. The number of aromatic nitrogens is 2. The van der Waals surface area contributed by atoms with Crippen LogP contribution in [0.3, 0.4) is 0 Å². The van der Waals surface area contributed by atoms with Crippen molar-refractivity contribution in [3.63, 3.8) is 0 Å². The van der Waals surface area contributed by atoms with Crippen molar-refractivity contribution in [3.05, 3.63) is 78.6 Å². The Morgan fingerprint density at radius 1 is 1.06 bits per heavy atom. The molecule has 0 spiro atoms. The maximum absolute atomic E-state index is 10.6. The summed E-state index contributed by atoms with van der Waals surface area (Å²) in [5, 5.41) is 11.4. The molecule has 1 unspecified atom stereocenters. The number of benzene rings is 2. The monoisotopic (exact) mass is 499 g/mol. The van der Waals surface area contributed by atoms with Crippen LogP contribution in [0.5, 0.6) is 0 Å². The predicted octanol–water partition coefficient (Wildman–Crippen LogP) is 5.74. The van der Waals surface area contributed by atoms with Gasteiger partial charge in [0, 0.05) is 41.8 Å². The van der Waals surface area contributed by atoms with Crippen LogP contribution < -0.4 is 9.89 Å². The Morgan fingerprint density at radius 2 is 1.81 bits per heavy atom. The third kappa shape index (κ3) is 5.52. The molecule has 5 rings (SSSR count). The zero-order chi connectivity index (χ0) is 24.9. The summed E-state index contributed by atoms with van der Waals surface area (Å²) in [6, 6.07) is 20.1. The highest BCUT2D eigenvalue weighted by Gasteiger charge is 2.21. The van der Waals surface area contributed by atoms with E-state index >= 15 is 0 Å². The molecule has 0 amide bonds. The average Bonchev–Trinajstić information content (AvgIpc) is 3.57. The molecular formula is C29H29N3O3S. The van der Waals surface area contributed by atoms with E-state index in [-0.39, 0.29) is 5.92 Å². The number of nitrogens with zero attached hydrogens (tertiary/aromatic N) is 3. The van der Waals surface area contributed by atoms with Crippen LogP contribution in [0.1, 0.15) is 31.2 Å². The van der Waals surface area contributed by atoms with Gasteiger partial charge in [-0.15, -0.1) is 4.73 Å². The Labute approximate surface area is 216 Å². The topological polar surface area (TPSA) is 59.8 Å². The first-order valence-electron chi connectivity index (χ1n) is 12.1. The molecule has 0 radical (unpaired) electrons. The Morgan fingerprint density at radius 3 is 2.53 bits per heavy atom. The lowest BCUT2D eigenvalue weighted by Gasteiger charge is -2.12. The number of pyridine rings is 1. The summed E-state index contributed by atoms with van der Waals surface area (Å²) in [7, 11) is 4.04. The highest BCUT2D eigenvalue weighted by Crippen LogP contribution is 2.29. The number of aliphatic hydroxyl groups excluding tert-OH is 1. The smallest absolute Gasteiger partial charge is 0.180 e. The molecule has 1 aliphatic carbocycles. The van der Waals surface area contributed by atoms with Gasteiger partial charge in [0.1, 0.15) is 6.10 Å². The Bertz CT molecular complexity index is 1370. The molecule has 36 heavy (non-hydrogen) atoms. The zero-order valence-corrected chi connectivity index (χ0v) is 21.2. The summed E-state index contributed by atoms with van der Waals surface area (Å²) >= 11 is 1.12. The van der Waals surface area contributed by atoms with Crippen LogP contribution in [-0.4, -0.2) is 35.0 Å². The fourth-order valence-electron chi connectivity index (χ4n) is 4.45. The minimum Gasteiger partial charge on any atom is -0.380 e. The molecule has 1 saturated carbocycles.